The molecule has 20 heavy (non-hydrogen) atoms. The molecule has 2 aromatic rings. The summed E-state index contributed by atoms with van der Waals surface area (Å²) >= 11 is 1.70. The Labute approximate surface area is 124 Å². The molecule has 1 fully saturated rings. The van der Waals surface area contributed by atoms with Crippen LogP contribution in [0.5, 0.6) is 0 Å². The van der Waals surface area contributed by atoms with Gasteiger partial charge < -0.3 is 5.32 Å². The van der Waals surface area contributed by atoms with Crippen molar-refractivity contribution in [2.24, 2.45) is 5.92 Å². The number of thiazole rings is 1. The molecule has 5 heteroatoms. The van der Waals surface area contributed by atoms with E-state index >= 15 is 0 Å². The molecule has 3 heterocycles. The van der Waals surface area contributed by atoms with E-state index in [0.717, 1.165) is 30.5 Å². The van der Waals surface area contributed by atoms with Crippen LogP contribution in [0, 0.1) is 5.92 Å². The van der Waals surface area contributed by atoms with Crippen LogP contribution in [0.25, 0.3) is 4.96 Å². The fourth-order valence-electron chi connectivity index (χ4n) is 2.93. The van der Waals surface area contributed by atoms with E-state index in [1.807, 2.05) is 0 Å². The fraction of sp³-hybridized carbons (Fsp3) is 0.667. The topological polar surface area (TPSA) is 32.6 Å². The van der Waals surface area contributed by atoms with Crippen molar-refractivity contribution in [2.75, 3.05) is 19.6 Å². The number of hydrogen-bond donors (Lipinski definition) is 1. The predicted molar refractivity (Wildman–Crippen MR) is 84.2 cm³/mol. The van der Waals surface area contributed by atoms with Gasteiger partial charge in [-0.2, -0.15) is 0 Å². The minimum absolute atomic E-state index is 0.675. The Kier molecular flexibility index (Phi) is 4.38. The van der Waals surface area contributed by atoms with Crippen LogP contribution in [0.15, 0.2) is 17.8 Å². The van der Waals surface area contributed by atoms with Gasteiger partial charge in [0.25, 0.3) is 0 Å². The number of rotatable bonds is 6. The van der Waals surface area contributed by atoms with Gasteiger partial charge in [0.05, 0.1) is 5.69 Å². The number of hydrogen-bond acceptors (Lipinski definition) is 4. The third-order valence-electron chi connectivity index (χ3n) is 3.94. The van der Waals surface area contributed by atoms with E-state index < -0.39 is 0 Å². The largest absolute Gasteiger partial charge is 0.315 e. The second-order valence-electron chi connectivity index (χ2n) is 6.14. The van der Waals surface area contributed by atoms with Crippen molar-refractivity contribution < 1.29 is 0 Å². The first kappa shape index (κ1) is 14.0. The molecular formula is C15H24N4S. The minimum atomic E-state index is 0.675. The van der Waals surface area contributed by atoms with Gasteiger partial charge in [-0.05, 0) is 31.8 Å². The molecule has 0 aromatic carbocycles. The number of imidazole rings is 1. The summed E-state index contributed by atoms with van der Waals surface area (Å²) < 4.78 is 2.13. The Morgan fingerprint density at radius 3 is 3.20 bits per heavy atom. The first-order valence-electron chi connectivity index (χ1n) is 7.58. The van der Waals surface area contributed by atoms with Crippen molar-refractivity contribution >= 4 is 16.3 Å². The molecule has 1 saturated heterocycles. The molecule has 4 nitrogen and oxygen atoms in total. The van der Waals surface area contributed by atoms with E-state index in [9.17, 15) is 0 Å². The van der Waals surface area contributed by atoms with Crippen LogP contribution >= 0.6 is 11.3 Å². The SMILES string of the molecule is CC(C)CNCC1CCCN1Cc1cn2ccsc2n1. The average molecular weight is 292 g/mol. The summed E-state index contributed by atoms with van der Waals surface area (Å²) in [6, 6.07) is 0.675. The smallest absolute Gasteiger partial charge is 0.193 e. The van der Waals surface area contributed by atoms with Gasteiger partial charge in [0.2, 0.25) is 0 Å². The van der Waals surface area contributed by atoms with Crippen molar-refractivity contribution in [1.29, 1.82) is 0 Å². The van der Waals surface area contributed by atoms with E-state index in [1.165, 1.54) is 25.1 Å². The zero-order valence-electron chi connectivity index (χ0n) is 12.4. The van der Waals surface area contributed by atoms with Crippen molar-refractivity contribution in [2.45, 2.75) is 39.3 Å². The average Bonchev–Trinajstić information content (AvgIpc) is 3.05. The molecule has 1 atom stereocenters. The molecule has 0 radical (unpaired) electrons. The zero-order valence-corrected chi connectivity index (χ0v) is 13.2. The van der Waals surface area contributed by atoms with Crippen LogP contribution in [0.2, 0.25) is 0 Å². The first-order chi connectivity index (χ1) is 9.72. The van der Waals surface area contributed by atoms with Gasteiger partial charge in [-0.15, -0.1) is 11.3 Å². The maximum atomic E-state index is 4.70. The van der Waals surface area contributed by atoms with Gasteiger partial charge in [0, 0.05) is 36.9 Å². The molecule has 110 valence electrons. The van der Waals surface area contributed by atoms with E-state index in [4.69, 9.17) is 4.98 Å². The van der Waals surface area contributed by atoms with Crippen LogP contribution < -0.4 is 5.32 Å². The summed E-state index contributed by atoms with van der Waals surface area (Å²) in [7, 11) is 0. The Balaban J connectivity index is 1.56. The maximum Gasteiger partial charge on any atom is 0.193 e. The summed E-state index contributed by atoms with van der Waals surface area (Å²) in [6.07, 6.45) is 6.88. The second kappa shape index (κ2) is 6.24. The van der Waals surface area contributed by atoms with Gasteiger partial charge in [-0.1, -0.05) is 13.8 Å². The number of fused-ring (bicyclic) bond motifs is 1. The molecule has 0 saturated carbocycles. The Morgan fingerprint density at radius 2 is 2.40 bits per heavy atom. The van der Waals surface area contributed by atoms with Gasteiger partial charge in [-0.25, -0.2) is 4.98 Å². The highest BCUT2D eigenvalue weighted by atomic mass is 32.1. The fourth-order valence-corrected chi connectivity index (χ4v) is 3.65. The van der Waals surface area contributed by atoms with Crippen molar-refractivity contribution in [1.82, 2.24) is 19.6 Å². The molecule has 1 aliphatic rings. The molecule has 0 bridgehead atoms. The van der Waals surface area contributed by atoms with Crippen LogP contribution in [0.3, 0.4) is 0 Å². The maximum absolute atomic E-state index is 4.70. The van der Waals surface area contributed by atoms with Crippen LogP contribution in [-0.2, 0) is 6.54 Å². The van der Waals surface area contributed by atoms with Crippen LogP contribution in [0.4, 0.5) is 0 Å². The monoisotopic (exact) mass is 292 g/mol. The number of aromatic nitrogens is 2. The molecular weight excluding hydrogens is 268 g/mol. The Bertz CT molecular complexity index is 516. The molecule has 0 aliphatic carbocycles. The minimum Gasteiger partial charge on any atom is -0.315 e. The van der Waals surface area contributed by atoms with Gasteiger partial charge >= 0.3 is 0 Å². The standard InChI is InChI=1S/C15H24N4S/c1-12(2)8-16-9-14-4-3-5-18(14)10-13-11-19-6-7-20-15(19)17-13/h6-7,11-12,14,16H,3-5,8-10H2,1-2H3. The second-order valence-corrected chi connectivity index (χ2v) is 7.02. The Morgan fingerprint density at radius 1 is 1.50 bits per heavy atom. The third kappa shape index (κ3) is 3.22. The molecule has 1 aliphatic heterocycles. The quantitative estimate of drug-likeness (QED) is 0.888. The van der Waals surface area contributed by atoms with Crippen molar-refractivity contribution in [3.8, 4) is 0 Å². The zero-order chi connectivity index (χ0) is 13.9. The van der Waals surface area contributed by atoms with Crippen LogP contribution in [0.1, 0.15) is 32.4 Å². The normalized spacial score (nSPS) is 20.4. The highest BCUT2D eigenvalue weighted by Gasteiger charge is 2.24. The number of nitrogens with one attached hydrogen (secondary N) is 1. The highest BCUT2D eigenvalue weighted by Crippen LogP contribution is 2.20. The molecule has 1 N–H and O–H groups in total. The van der Waals surface area contributed by atoms with Gasteiger partial charge in [-0.3, -0.25) is 9.30 Å². The van der Waals surface area contributed by atoms with E-state index in [1.54, 1.807) is 11.3 Å². The number of likely N-dealkylation sites (tertiary alicyclic amines) is 1. The summed E-state index contributed by atoms with van der Waals surface area (Å²) in [5.74, 6) is 0.727. The van der Waals surface area contributed by atoms with Crippen molar-refractivity contribution in [3.05, 3.63) is 23.5 Å². The number of nitrogens with zero attached hydrogens (tertiary/aromatic N) is 3. The Hall–Kier alpha value is -0.910. The van der Waals surface area contributed by atoms with E-state index in [0.29, 0.717) is 6.04 Å². The lowest BCUT2D eigenvalue weighted by atomic mass is 10.2. The van der Waals surface area contributed by atoms with Crippen molar-refractivity contribution in [3.63, 3.8) is 0 Å². The lowest BCUT2D eigenvalue weighted by molar-refractivity contribution is 0.235. The van der Waals surface area contributed by atoms with Gasteiger partial charge in [0.15, 0.2) is 4.96 Å². The van der Waals surface area contributed by atoms with Crippen LogP contribution in [-0.4, -0.2) is 40.0 Å². The molecule has 0 spiro atoms. The molecule has 2 aromatic heterocycles. The summed E-state index contributed by atoms with van der Waals surface area (Å²) in [5, 5.41) is 5.68. The summed E-state index contributed by atoms with van der Waals surface area (Å²) in [4.78, 5) is 8.39. The van der Waals surface area contributed by atoms with Gasteiger partial charge in [0.1, 0.15) is 0 Å². The summed E-state index contributed by atoms with van der Waals surface area (Å²) in [5.41, 5.74) is 1.20. The summed E-state index contributed by atoms with van der Waals surface area (Å²) in [6.45, 7) is 8.95. The lowest BCUT2D eigenvalue weighted by Gasteiger charge is -2.24. The van der Waals surface area contributed by atoms with E-state index in [-0.39, 0.29) is 0 Å². The molecule has 3 rings (SSSR count). The molecule has 0 amide bonds. The molecule has 1 unspecified atom stereocenters. The first-order valence-corrected chi connectivity index (χ1v) is 8.46. The highest BCUT2D eigenvalue weighted by molar-refractivity contribution is 7.15. The predicted octanol–water partition coefficient (Wildman–Crippen LogP) is 2.61. The van der Waals surface area contributed by atoms with E-state index in [2.05, 4.69) is 46.2 Å². The third-order valence-corrected chi connectivity index (χ3v) is 4.71. The lowest BCUT2D eigenvalue weighted by Crippen LogP contribution is -2.38.